The van der Waals surface area contributed by atoms with Crippen molar-refractivity contribution in [3.8, 4) is 5.75 Å². The highest BCUT2D eigenvalue weighted by molar-refractivity contribution is 5.84. The molecule has 1 aromatic carbocycles. The molecule has 3 amide bonds. The van der Waals surface area contributed by atoms with Gasteiger partial charge in [0.15, 0.2) is 6.10 Å². The molecule has 0 radical (unpaired) electrons. The standard InChI is InChI=1S/C14H18F3N3O3/c1-3-7-18-13(22)20-19-12(21)9(2)23-11-6-4-5-10(8-11)14(15,16)17/h4-6,8-9H,3,7H2,1-2H3,(H,19,21)(H2,18,20,22)/t9-/m0/s1. The predicted octanol–water partition coefficient (Wildman–Crippen LogP) is 2.21. The smallest absolute Gasteiger partial charge is 0.416 e. The number of carbonyl (C=O) groups excluding carboxylic acids is 2. The molecule has 9 heteroatoms. The van der Waals surface area contributed by atoms with Crippen molar-refractivity contribution in [2.24, 2.45) is 0 Å². The van der Waals surface area contributed by atoms with Gasteiger partial charge in [-0.1, -0.05) is 13.0 Å². The quantitative estimate of drug-likeness (QED) is 0.723. The van der Waals surface area contributed by atoms with Crippen molar-refractivity contribution in [3.63, 3.8) is 0 Å². The van der Waals surface area contributed by atoms with Gasteiger partial charge in [-0.05, 0) is 31.5 Å². The highest BCUT2D eigenvalue weighted by Gasteiger charge is 2.30. The lowest BCUT2D eigenvalue weighted by Crippen LogP contribution is -2.50. The SMILES string of the molecule is CCCNC(=O)NNC(=O)[C@H](C)Oc1cccc(C(F)(F)F)c1. The number of alkyl halides is 3. The Labute approximate surface area is 131 Å². The molecule has 0 fully saturated rings. The maximum absolute atomic E-state index is 12.6. The number of hydrogen-bond acceptors (Lipinski definition) is 3. The molecule has 23 heavy (non-hydrogen) atoms. The van der Waals surface area contributed by atoms with Gasteiger partial charge in [-0.15, -0.1) is 0 Å². The first-order valence-corrected chi connectivity index (χ1v) is 6.91. The average molecular weight is 333 g/mol. The topological polar surface area (TPSA) is 79.5 Å². The number of carbonyl (C=O) groups is 2. The molecule has 1 aromatic rings. The second kappa shape index (κ2) is 8.25. The molecule has 0 aromatic heterocycles. The molecular formula is C14H18F3N3O3. The Balaban J connectivity index is 2.54. The van der Waals surface area contributed by atoms with Crippen LogP contribution in [-0.4, -0.2) is 24.6 Å². The Hall–Kier alpha value is -2.45. The van der Waals surface area contributed by atoms with Crippen LogP contribution in [0.3, 0.4) is 0 Å². The summed E-state index contributed by atoms with van der Waals surface area (Å²) < 4.78 is 42.9. The van der Waals surface area contributed by atoms with E-state index >= 15 is 0 Å². The van der Waals surface area contributed by atoms with E-state index in [4.69, 9.17) is 4.74 Å². The summed E-state index contributed by atoms with van der Waals surface area (Å²) in [5, 5.41) is 2.47. The summed E-state index contributed by atoms with van der Waals surface area (Å²) in [6.07, 6.45) is -4.86. The number of hydrogen-bond donors (Lipinski definition) is 3. The van der Waals surface area contributed by atoms with Crippen LogP contribution in [0.4, 0.5) is 18.0 Å². The zero-order valence-corrected chi connectivity index (χ0v) is 12.7. The zero-order chi connectivity index (χ0) is 17.5. The number of amides is 3. The second-order valence-electron chi connectivity index (χ2n) is 4.66. The van der Waals surface area contributed by atoms with Crippen LogP contribution in [0.1, 0.15) is 25.8 Å². The summed E-state index contributed by atoms with van der Waals surface area (Å²) in [6.45, 7) is 3.66. The number of benzene rings is 1. The van der Waals surface area contributed by atoms with Crippen LogP contribution in [0.5, 0.6) is 5.75 Å². The van der Waals surface area contributed by atoms with Crippen molar-refractivity contribution >= 4 is 11.9 Å². The third-order valence-corrected chi connectivity index (χ3v) is 2.68. The second-order valence-corrected chi connectivity index (χ2v) is 4.66. The van der Waals surface area contributed by atoms with Crippen molar-refractivity contribution in [1.29, 1.82) is 0 Å². The number of nitrogens with one attached hydrogen (secondary N) is 3. The maximum Gasteiger partial charge on any atom is 0.416 e. The third-order valence-electron chi connectivity index (χ3n) is 2.68. The van der Waals surface area contributed by atoms with Gasteiger partial charge in [0.25, 0.3) is 5.91 Å². The highest BCUT2D eigenvalue weighted by atomic mass is 19.4. The Kier molecular flexibility index (Phi) is 6.67. The van der Waals surface area contributed by atoms with Crippen molar-refractivity contribution in [1.82, 2.24) is 16.2 Å². The number of rotatable bonds is 5. The fourth-order valence-electron chi connectivity index (χ4n) is 1.51. The molecule has 0 aliphatic heterocycles. The number of urea groups is 1. The summed E-state index contributed by atoms with van der Waals surface area (Å²) in [5.74, 6) is -0.799. The fourth-order valence-corrected chi connectivity index (χ4v) is 1.51. The van der Waals surface area contributed by atoms with E-state index < -0.39 is 29.8 Å². The van der Waals surface area contributed by atoms with E-state index in [0.29, 0.717) is 6.54 Å². The normalized spacial score (nSPS) is 12.2. The van der Waals surface area contributed by atoms with Crippen LogP contribution in [0.15, 0.2) is 24.3 Å². The minimum atomic E-state index is -4.50. The van der Waals surface area contributed by atoms with E-state index in [-0.39, 0.29) is 5.75 Å². The summed E-state index contributed by atoms with van der Waals surface area (Å²) in [7, 11) is 0. The molecule has 1 atom stereocenters. The predicted molar refractivity (Wildman–Crippen MR) is 76.5 cm³/mol. The van der Waals surface area contributed by atoms with Gasteiger partial charge in [0, 0.05) is 6.54 Å². The lowest BCUT2D eigenvalue weighted by molar-refractivity contribution is -0.137. The van der Waals surface area contributed by atoms with E-state index in [1.165, 1.54) is 19.1 Å². The fraction of sp³-hybridized carbons (Fsp3) is 0.429. The van der Waals surface area contributed by atoms with Gasteiger partial charge in [0.1, 0.15) is 5.75 Å². The molecule has 0 spiro atoms. The van der Waals surface area contributed by atoms with Crippen LogP contribution in [0.2, 0.25) is 0 Å². The van der Waals surface area contributed by atoms with Gasteiger partial charge in [-0.25, -0.2) is 10.2 Å². The first-order valence-electron chi connectivity index (χ1n) is 6.91. The molecule has 0 aliphatic rings. The number of halogens is 3. The molecule has 0 heterocycles. The maximum atomic E-state index is 12.6. The van der Waals surface area contributed by atoms with E-state index in [0.717, 1.165) is 18.6 Å². The minimum Gasteiger partial charge on any atom is -0.481 e. The van der Waals surface area contributed by atoms with E-state index in [9.17, 15) is 22.8 Å². The third kappa shape index (κ3) is 6.45. The first kappa shape index (κ1) is 18.6. The van der Waals surface area contributed by atoms with Gasteiger partial charge in [0.05, 0.1) is 5.56 Å². The van der Waals surface area contributed by atoms with Gasteiger partial charge in [-0.2, -0.15) is 13.2 Å². The van der Waals surface area contributed by atoms with Crippen LogP contribution in [-0.2, 0) is 11.0 Å². The van der Waals surface area contributed by atoms with Crippen LogP contribution < -0.4 is 20.9 Å². The highest BCUT2D eigenvalue weighted by Crippen LogP contribution is 2.31. The van der Waals surface area contributed by atoms with E-state index in [2.05, 4.69) is 16.2 Å². The Morgan fingerprint density at radius 1 is 1.26 bits per heavy atom. The summed E-state index contributed by atoms with van der Waals surface area (Å²) in [4.78, 5) is 22.9. The van der Waals surface area contributed by atoms with Crippen molar-refractivity contribution in [3.05, 3.63) is 29.8 Å². The molecule has 3 N–H and O–H groups in total. The summed E-state index contributed by atoms with van der Waals surface area (Å²) in [5.41, 5.74) is 3.34. The largest absolute Gasteiger partial charge is 0.481 e. The monoisotopic (exact) mass is 333 g/mol. The van der Waals surface area contributed by atoms with Gasteiger partial charge < -0.3 is 10.1 Å². The van der Waals surface area contributed by atoms with Crippen LogP contribution >= 0.6 is 0 Å². The van der Waals surface area contributed by atoms with Crippen molar-refractivity contribution in [2.45, 2.75) is 32.5 Å². The number of ether oxygens (including phenoxy) is 1. The first-order chi connectivity index (χ1) is 10.7. The van der Waals surface area contributed by atoms with Crippen molar-refractivity contribution in [2.75, 3.05) is 6.54 Å². The molecule has 128 valence electrons. The lowest BCUT2D eigenvalue weighted by atomic mass is 10.2. The lowest BCUT2D eigenvalue weighted by Gasteiger charge is -2.16. The van der Waals surface area contributed by atoms with Crippen LogP contribution in [0, 0.1) is 0 Å². The van der Waals surface area contributed by atoms with E-state index in [1.54, 1.807) is 0 Å². The molecule has 0 unspecified atom stereocenters. The van der Waals surface area contributed by atoms with Gasteiger partial charge in [-0.3, -0.25) is 10.2 Å². The molecule has 0 saturated carbocycles. The van der Waals surface area contributed by atoms with Gasteiger partial charge in [0.2, 0.25) is 0 Å². The molecular weight excluding hydrogens is 315 g/mol. The Morgan fingerprint density at radius 2 is 1.96 bits per heavy atom. The minimum absolute atomic E-state index is 0.0992. The van der Waals surface area contributed by atoms with E-state index in [1.807, 2.05) is 6.92 Å². The van der Waals surface area contributed by atoms with Crippen molar-refractivity contribution < 1.29 is 27.5 Å². The molecule has 0 aliphatic carbocycles. The number of hydrazine groups is 1. The average Bonchev–Trinajstić information content (AvgIpc) is 2.49. The molecule has 0 saturated heterocycles. The summed E-state index contributed by atoms with van der Waals surface area (Å²) in [6, 6.07) is 3.59. The summed E-state index contributed by atoms with van der Waals surface area (Å²) >= 11 is 0. The zero-order valence-electron chi connectivity index (χ0n) is 12.7. The Bertz CT molecular complexity index is 550. The molecule has 6 nitrogen and oxygen atoms in total. The Morgan fingerprint density at radius 3 is 2.57 bits per heavy atom. The molecule has 0 bridgehead atoms. The molecule has 1 rings (SSSR count). The van der Waals surface area contributed by atoms with Gasteiger partial charge >= 0.3 is 12.2 Å². The van der Waals surface area contributed by atoms with Crippen LogP contribution in [0.25, 0.3) is 0 Å².